The van der Waals surface area contributed by atoms with Gasteiger partial charge in [-0.1, -0.05) is 24.5 Å². The number of hydrogen-bond donors (Lipinski definition) is 3. The summed E-state index contributed by atoms with van der Waals surface area (Å²) in [6.45, 7) is 4.50. The van der Waals surface area contributed by atoms with Crippen molar-refractivity contribution in [3.63, 3.8) is 0 Å². The van der Waals surface area contributed by atoms with Gasteiger partial charge in [-0.2, -0.15) is 0 Å². The number of rotatable bonds is 9. The zero-order valence-electron chi connectivity index (χ0n) is 19.4. The SMILES string of the molecule is COCC(COC)NC(=O)c1nc(N[C@H]2CCCC[C@H]2N=C(C)N)c2cc(C)ccc2n1. The van der Waals surface area contributed by atoms with Crippen LogP contribution in [0.2, 0.25) is 0 Å². The maximum Gasteiger partial charge on any atom is 0.289 e. The van der Waals surface area contributed by atoms with E-state index in [1.165, 1.54) is 0 Å². The van der Waals surface area contributed by atoms with Crippen molar-refractivity contribution in [1.29, 1.82) is 0 Å². The lowest BCUT2D eigenvalue weighted by Crippen LogP contribution is -2.42. The zero-order chi connectivity index (χ0) is 23.1. The van der Waals surface area contributed by atoms with Crippen LogP contribution in [0.3, 0.4) is 0 Å². The molecule has 2 aromatic rings. The number of nitrogens with zero attached hydrogens (tertiary/aromatic N) is 3. The molecule has 2 atom stereocenters. The van der Waals surface area contributed by atoms with Gasteiger partial charge in [-0.05, 0) is 38.8 Å². The van der Waals surface area contributed by atoms with E-state index in [0.717, 1.165) is 36.6 Å². The summed E-state index contributed by atoms with van der Waals surface area (Å²) < 4.78 is 10.3. The number of amidine groups is 1. The van der Waals surface area contributed by atoms with Gasteiger partial charge < -0.3 is 25.8 Å². The van der Waals surface area contributed by atoms with E-state index in [1.807, 2.05) is 32.0 Å². The third-order valence-corrected chi connectivity index (χ3v) is 5.55. The molecule has 1 fully saturated rings. The molecule has 1 aromatic heterocycles. The van der Waals surface area contributed by atoms with Crippen molar-refractivity contribution >= 4 is 28.5 Å². The van der Waals surface area contributed by atoms with E-state index >= 15 is 0 Å². The van der Waals surface area contributed by atoms with E-state index in [4.69, 9.17) is 15.2 Å². The molecule has 0 spiro atoms. The van der Waals surface area contributed by atoms with Gasteiger partial charge >= 0.3 is 0 Å². The van der Waals surface area contributed by atoms with E-state index in [-0.39, 0.29) is 29.9 Å². The van der Waals surface area contributed by atoms with Gasteiger partial charge in [0.2, 0.25) is 5.82 Å². The Kier molecular flexibility index (Phi) is 8.35. The average molecular weight is 443 g/mol. The Morgan fingerprint density at radius 2 is 1.94 bits per heavy atom. The van der Waals surface area contributed by atoms with Crippen LogP contribution in [0.15, 0.2) is 23.2 Å². The summed E-state index contributed by atoms with van der Waals surface area (Å²) in [4.78, 5) is 26.7. The number of carbonyl (C=O) groups excluding carboxylic acids is 1. The van der Waals surface area contributed by atoms with Crippen LogP contribution in [0, 0.1) is 6.92 Å². The van der Waals surface area contributed by atoms with Crippen LogP contribution >= 0.6 is 0 Å². The number of amides is 1. The van der Waals surface area contributed by atoms with Gasteiger partial charge in [0.1, 0.15) is 5.82 Å². The maximum atomic E-state index is 13.0. The minimum atomic E-state index is -0.370. The minimum Gasteiger partial charge on any atom is -0.388 e. The fourth-order valence-electron chi connectivity index (χ4n) is 4.11. The number of aliphatic imine (C=N–C) groups is 1. The Morgan fingerprint density at radius 1 is 1.22 bits per heavy atom. The minimum absolute atomic E-state index is 0.0774. The molecule has 0 radical (unpaired) electrons. The third-order valence-electron chi connectivity index (χ3n) is 5.55. The van der Waals surface area contributed by atoms with Gasteiger partial charge in [-0.3, -0.25) is 9.79 Å². The van der Waals surface area contributed by atoms with Gasteiger partial charge in [-0.15, -0.1) is 0 Å². The predicted molar refractivity (Wildman–Crippen MR) is 126 cm³/mol. The van der Waals surface area contributed by atoms with Gasteiger partial charge in [0, 0.05) is 25.6 Å². The highest BCUT2D eigenvalue weighted by Crippen LogP contribution is 2.28. The first kappa shape index (κ1) is 23.9. The molecular formula is C23H34N6O3. The summed E-state index contributed by atoms with van der Waals surface area (Å²) in [7, 11) is 3.16. The molecule has 1 aliphatic rings. The summed E-state index contributed by atoms with van der Waals surface area (Å²) in [6.07, 6.45) is 4.16. The highest BCUT2D eigenvalue weighted by atomic mass is 16.5. The first-order chi connectivity index (χ1) is 15.4. The van der Waals surface area contributed by atoms with E-state index in [0.29, 0.717) is 30.4 Å². The first-order valence-corrected chi connectivity index (χ1v) is 11.0. The van der Waals surface area contributed by atoms with Crippen LogP contribution in [0.4, 0.5) is 5.82 Å². The molecule has 9 nitrogen and oxygen atoms in total. The number of carbonyl (C=O) groups is 1. The molecule has 174 valence electrons. The van der Waals surface area contributed by atoms with Crippen molar-refractivity contribution in [2.75, 3.05) is 32.8 Å². The van der Waals surface area contributed by atoms with Crippen molar-refractivity contribution in [3.8, 4) is 0 Å². The van der Waals surface area contributed by atoms with Crippen LogP contribution in [0.25, 0.3) is 10.9 Å². The first-order valence-electron chi connectivity index (χ1n) is 11.0. The molecule has 9 heteroatoms. The van der Waals surface area contributed by atoms with E-state index in [9.17, 15) is 4.79 Å². The van der Waals surface area contributed by atoms with Gasteiger partial charge in [-0.25, -0.2) is 9.97 Å². The van der Waals surface area contributed by atoms with Crippen LogP contribution in [-0.2, 0) is 9.47 Å². The Bertz CT molecular complexity index is 954. The number of fused-ring (bicyclic) bond motifs is 1. The van der Waals surface area contributed by atoms with E-state index in [2.05, 4.69) is 25.6 Å². The summed E-state index contributed by atoms with van der Waals surface area (Å²) in [5.41, 5.74) is 7.67. The summed E-state index contributed by atoms with van der Waals surface area (Å²) in [6, 6.07) is 5.80. The second-order valence-corrected chi connectivity index (χ2v) is 8.37. The molecule has 1 aliphatic carbocycles. The number of nitrogens with two attached hydrogens (primary N) is 1. The highest BCUT2D eigenvalue weighted by Gasteiger charge is 2.26. The largest absolute Gasteiger partial charge is 0.388 e. The normalized spacial score (nSPS) is 19.3. The lowest BCUT2D eigenvalue weighted by Gasteiger charge is -2.30. The lowest BCUT2D eigenvalue weighted by atomic mass is 9.90. The maximum absolute atomic E-state index is 13.0. The van der Waals surface area contributed by atoms with Gasteiger partial charge in [0.25, 0.3) is 5.91 Å². The van der Waals surface area contributed by atoms with Crippen molar-refractivity contribution < 1.29 is 14.3 Å². The van der Waals surface area contributed by atoms with Crippen LogP contribution in [0.1, 0.15) is 48.8 Å². The number of ether oxygens (including phenoxy) is 2. The fraction of sp³-hybridized carbons (Fsp3) is 0.565. The van der Waals surface area contributed by atoms with Crippen molar-refractivity contribution in [2.45, 2.75) is 57.7 Å². The van der Waals surface area contributed by atoms with Gasteiger partial charge in [0.15, 0.2) is 0 Å². The zero-order valence-corrected chi connectivity index (χ0v) is 19.4. The molecule has 3 rings (SSSR count). The van der Waals surface area contributed by atoms with Crippen LogP contribution < -0.4 is 16.4 Å². The summed E-state index contributed by atoms with van der Waals surface area (Å²) in [5, 5.41) is 7.34. The molecule has 32 heavy (non-hydrogen) atoms. The molecule has 1 aromatic carbocycles. The Labute approximate surface area is 189 Å². The monoisotopic (exact) mass is 442 g/mol. The van der Waals surface area contributed by atoms with Gasteiger partial charge in [0.05, 0.1) is 36.6 Å². The Morgan fingerprint density at radius 3 is 2.62 bits per heavy atom. The number of nitrogens with one attached hydrogen (secondary N) is 2. The molecule has 0 saturated heterocycles. The molecule has 1 heterocycles. The fourth-order valence-corrected chi connectivity index (χ4v) is 4.11. The van der Waals surface area contributed by atoms with Crippen molar-refractivity contribution in [1.82, 2.24) is 15.3 Å². The summed E-state index contributed by atoms with van der Waals surface area (Å²) in [5.74, 6) is 0.952. The molecule has 0 aliphatic heterocycles. The quantitative estimate of drug-likeness (QED) is 0.402. The topological polar surface area (TPSA) is 124 Å². The second kappa shape index (κ2) is 11.2. The predicted octanol–water partition coefficient (Wildman–Crippen LogP) is 2.43. The number of aryl methyl sites for hydroxylation is 1. The molecule has 1 saturated carbocycles. The summed E-state index contributed by atoms with van der Waals surface area (Å²) >= 11 is 0. The molecule has 1 amide bonds. The average Bonchev–Trinajstić information content (AvgIpc) is 2.75. The van der Waals surface area contributed by atoms with Crippen molar-refractivity contribution in [3.05, 3.63) is 29.6 Å². The second-order valence-electron chi connectivity index (χ2n) is 8.37. The number of hydrogen-bond acceptors (Lipinski definition) is 7. The van der Waals surface area contributed by atoms with Crippen LogP contribution in [-0.4, -0.2) is 67.3 Å². The molecule has 0 bridgehead atoms. The van der Waals surface area contributed by atoms with E-state index < -0.39 is 0 Å². The number of aromatic nitrogens is 2. The number of methoxy groups -OCH3 is 2. The highest BCUT2D eigenvalue weighted by molar-refractivity contribution is 5.96. The number of benzene rings is 1. The Hall–Kier alpha value is -2.78. The van der Waals surface area contributed by atoms with Crippen LogP contribution in [0.5, 0.6) is 0 Å². The third kappa shape index (κ3) is 6.14. The Balaban J connectivity index is 1.94. The lowest BCUT2D eigenvalue weighted by molar-refractivity contribution is 0.0771. The number of anilines is 1. The molecule has 4 N–H and O–H groups in total. The molecular weight excluding hydrogens is 408 g/mol. The van der Waals surface area contributed by atoms with E-state index in [1.54, 1.807) is 14.2 Å². The van der Waals surface area contributed by atoms with Crippen molar-refractivity contribution in [2.24, 2.45) is 10.7 Å². The molecule has 0 unspecified atom stereocenters. The standard InChI is InChI=1S/C23H34N6O3/c1-14-9-10-18-17(11-14)21(28-20-8-6-5-7-19(20)25-15(2)24)29-22(27-18)23(30)26-16(12-31-3)13-32-4/h9-11,16,19-20H,5-8,12-13H2,1-4H3,(H2,24,25)(H,26,30)(H,27,28,29)/t19-,20+/m1/s1. The smallest absolute Gasteiger partial charge is 0.289 e.